The first-order valence-corrected chi connectivity index (χ1v) is 9.90. The molecule has 7 nitrogen and oxygen atoms in total. The minimum absolute atomic E-state index is 0.185. The van der Waals surface area contributed by atoms with Gasteiger partial charge in [-0.2, -0.15) is 10.1 Å². The monoisotopic (exact) mass is 432 g/mol. The minimum atomic E-state index is -1.01. The molecule has 0 aliphatic carbocycles. The van der Waals surface area contributed by atoms with Gasteiger partial charge in [-0.3, -0.25) is 4.68 Å². The first kappa shape index (κ1) is 19.1. The van der Waals surface area contributed by atoms with Gasteiger partial charge in [0.25, 0.3) is 6.01 Å². The van der Waals surface area contributed by atoms with E-state index in [1.807, 2.05) is 42.2 Å². The minimum Gasteiger partial charge on any atom is -0.478 e. The van der Waals surface area contributed by atoms with Gasteiger partial charge in [0.1, 0.15) is 5.75 Å². The molecule has 8 heteroatoms. The maximum atomic E-state index is 11.4. The zero-order chi connectivity index (χ0) is 21.7. The molecule has 0 aliphatic heterocycles. The molecule has 0 aliphatic rings. The molecule has 0 radical (unpaired) electrons. The molecule has 154 valence electrons. The summed E-state index contributed by atoms with van der Waals surface area (Å²) >= 11 is 6.56. The Morgan fingerprint density at radius 1 is 1.16 bits per heavy atom. The molecule has 0 saturated carbocycles. The number of H-pyrrole nitrogens is 1. The van der Waals surface area contributed by atoms with E-state index < -0.39 is 5.97 Å². The normalized spacial score (nSPS) is 11.3. The third-order valence-electron chi connectivity index (χ3n) is 5.26. The highest BCUT2D eigenvalue weighted by atomic mass is 35.5. The van der Waals surface area contributed by atoms with Gasteiger partial charge < -0.3 is 14.8 Å². The molecule has 0 amide bonds. The molecule has 5 aromatic rings. The molecular formula is C23H17ClN4O3. The van der Waals surface area contributed by atoms with Crippen LogP contribution in [-0.4, -0.2) is 30.8 Å². The Bertz CT molecular complexity index is 1490. The lowest BCUT2D eigenvalue weighted by Gasteiger charge is -2.05. The SMILES string of the molecule is Cc1ccc(Oc2nc3cc(-c4ccc5c(cnn5C)c4)c(Cl)cc3[nH]2)cc1C(=O)O. The largest absolute Gasteiger partial charge is 0.478 e. The fourth-order valence-corrected chi connectivity index (χ4v) is 3.89. The van der Waals surface area contributed by atoms with Crippen LogP contribution in [0, 0.1) is 6.92 Å². The van der Waals surface area contributed by atoms with Gasteiger partial charge in [-0.15, -0.1) is 0 Å². The maximum Gasteiger partial charge on any atom is 0.336 e. The second-order valence-electron chi connectivity index (χ2n) is 7.32. The number of aromatic amines is 1. The van der Waals surface area contributed by atoms with Gasteiger partial charge in [0.05, 0.1) is 33.3 Å². The molecule has 0 bridgehead atoms. The number of nitrogens with one attached hydrogen (secondary N) is 1. The number of aromatic nitrogens is 4. The second-order valence-corrected chi connectivity index (χ2v) is 7.72. The Morgan fingerprint density at radius 2 is 2.00 bits per heavy atom. The fourth-order valence-electron chi connectivity index (χ4n) is 3.61. The van der Waals surface area contributed by atoms with Crippen molar-refractivity contribution in [3.8, 4) is 22.9 Å². The van der Waals surface area contributed by atoms with Crippen LogP contribution < -0.4 is 4.74 Å². The zero-order valence-electron chi connectivity index (χ0n) is 16.7. The van der Waals surface area contributed by atoms with Gasteiger partial charge >= 0.3 is 5.97 Å². The molecule has 5 rings (SSSR count). The summed E-state index contributed by atoms with van der Waals surface area (Å²) in [4.78, 5) is 18.9. The number of benzene rings is 3. The number of halogens is 1. The van der Waals surface area contributed by atoms with Crippen LogP contribution in [0.3, 0.4) is 0 Å². The van der Waals surface area contributed by atoms with Crippen LogP contribution >= 0.6 is 11.6 Å². The lowest BCUT2D eigenvalue weighted by atomic mass is 10.0. The molecule has 0 saturated heterocycles. The van der Waals surface area contributed by atoms with Crippen molar-refractivity contribution in [1.82, 2.24) is 19.7 Å². The second kappa shape index (κ2) is 7.14. The Balaban J connectivity index is 1.52. The number of hydrogen-bond donors (Lipinski definition) is 2. The summed E-state index contributed by atoms with van der Waals surface area (Å²) < 4.78 is 7.59. The van der Waals surface area contributed by atoms with Crippen molar-refractivity contribution < 1.29 is 14.6 Å². The van der Waals surface area contributed by atoms with Crippen molar-refractivity contribution in [3.05, 3.63) is 70.9 Å². The molecule has 2 aromatic heterocycles. The number of hydrogen-bond acceptors (Lipinski definition) is 4. The number of imidazole rings is 1. The van der Waals surface area contributed by atoms with E-state index in [9.17, 15) is 9.90 Å². The van der Waals surface area contributed by atoms with E-state index in [0.29, 0.717) is 21.9 Å². The smallest absolute Gasteiger partial charge is 0.336 e. The van der Waals surface area contributed by atoms with Crippen LogP contribution in [0.5, 0.6) is 11.8 Å². The molecule has 2 N–H and O–H groups in total. The highest BCUT2D eigenvalue weighted by Crippen LogP contribution is 2.34. The number of aryl methyl sites for hydroxylation is 2. The number of carboxylic acid groups (broad SMARTS) is 1. The molecule has 3 aromatic carbocycles. The van der Waals surface area contributed by atoms with Crippen molar-refractivity contribution in [1.29, 1.82) is 0 Å². The number of ether oxygens (including phenoxy) is 1. The number of aromatic carboxylic acids is 1. The predicted molar refractivity (Wildman–Crippen MR) is 119 cm³/mol. The number of rotatable bonds is 4. The summed E-state index contributed by atoms with van der Waals surface area (Å²) in [6, 6.07) is 14.9. The maximum absolute atomic E-state index is 11.4. The van der Waals surface area contributed by atoms with E-state index in [1.165, 1.54) is 6.07 Å². The molecule has 0 spiro atoms. The highest BCUT2D eigenvalue weighted by molar-refractivity contribution is 6.34. The van der Waals surface area contributed by atoms with Crippen LogP contribution in [0.15, 0.2) is 54.7 Å². The van der Waals surface area contributed by atoms with Crippen LogP contribution in [0.4, 0.5) is 0 Å². The first-order chi connectivity index (χ1) is 14.9. The number of carboxylic acids is 1. The van der Waals surface area contributed by atoms with Gasteiger partial charge in [-0.05, 0) is 54.4 Å². The van der Waals surface area contributed by atoms with Crippen LogP contribution in [0.2, 0.25) is 5.02 Å². The lowest BCUT2D eigenvalue weighted by Crippen LogP contribution is -2.00. The van der Waals surface area contributed by atoms with E-state index >= 15 is 0 Å². The Labute approximate surface area is 181 Å². The summed E-state index contributed by atoms with van der Waals surface area (Å²) in [5.74, 6) is -0.620. The highest BCUT2D eigenvalue weighted by Gasteiger charge is 2.13. The van der Waals surface area contributed by atoms with Crippen LogP contribution in [0.1, 0.15) is 15.9 Å². The van der Waals surface area contributed by atoms with Crippen LogP contribution in [-0.2, 0) is 7.05 Å². The summed E-state index contributed by atoms with van der Waals surface area (Å²) in [6.45, 7) is 1.74. The molecule has 31 heavy (non-hydrogen) atoms. The quantitative estimate of drug-likeness (QED) is 0.387. The van der Waals surface area contributed by atoms with Gasteiger partial charge in [-0.25, -0.2) is 4.79 Å². The van der Waals surface area contributed by atoms with Crippen molar-refractivity contribution in [2.45, 2.75) is 6.92 Å². The van der Waals surface area contributed by atoms with Gasteiger partial charge in [0.15, 0.2) is 0 Å². The number of carbonyl (C=O) groups is 1. The Morgan fingerprint density at radius 3 is 2.81 bits per heavy atom. The van der Waals surface area contributed by atoms with Crippen LogP contribution in [0.25, 0.3) is 33.1 Å². The summed E-state index contributed by atoms with van der Waals surface area (Å²) in [6.07, 6.45) is 1.82. The molecule has 2 heterocycles. The number of fused-ring (bicyclic) bond motifs is 2. The molecule has 0 fully saturated rings. The van der Waals surface area contributed by atoms with E-state index in [0.717, 1.165) is 27.5 Å². The van der Waals surface area contributed by atoms with Gasteiger partial charge in [-0.1, -0.05) is 23.7 Å². The fraction of sp³-hybridized carbons (Fsp3) is 0.0870. The van der Waals surface area contributed by atoms with Crippen molar-refractivity contribution in [2.75, 3.05) is 0 Å². The van der Waals surface area contributed by atoms with Crippen molar-refractivity contribution >= 4 is 39.5 Å². The molecule has 0 unspecified atom stereocenters. The first-order valence-electron chi connectivity index (χ1n) is 9.52. The summed E-state index contributed by atoms with van der Waals surface area (Å²) in [7, 11) is 1.90. The van der Waals surface area contributed by atoms with E-state index in [-0.39, 0.29) is 11.6 Å². The van der Waals surface area contributed by atoms with Gasteiger partial charge in [0.2, 0.25) is 0 Å². The summed E-state index contributed by atoms with van der Waals surface area (Å²) in [5.41, 5.74) is 5.10. The standard InChI is InChI=1S/C23H17ClN4O3/c1-12-3-5-15(8-16(12)22(29)30)31-23-26-19-9-17(18(24)10-20(19)27-23)13-4-6-21-14(7-13)11-25-28(21)2/h3-11H,1-2H3,(H,26,27)(H,29,30). The van der Waals surface area contributed by atoms with Crippen molar-refractivity contribution in [3.63, 3.8) is 0 Å². The van der Waals surface area contributed by atoms with E-state index in [1.54, 1.807) is 25.1 Å². The van der Waals surface area contributed by atoms with E-state index in [2.05, 4.69) is 15.1 Å². The average Bonchev–Trinajstić information content (AvgIpc) is 3.30. The number of nitrogens with zero attached hydrogens (tertiary/aromatic N) is 3. The molecular weight excluding hydrogens is 416 g/mol. The molecule has 0 atom stereocenters. The zero-order valence-corrected chi connectivity index (χ0v) is 17.4. The third kappa shape index (κ3) is 3.39. The predicted octanol–water partition coefficient (Wildman–Crippen LogP) is 5.57. The Kier molecular flexibility index (Phi) is 4.41. The average molecular weight is 433 g/mol. The topological polar surface area (TPSA) is 93.0 Å². The van der Waals surface area contributed by atoms with Crippen molar-refractivity contribution in [2.24, 2.45) is 7.05 Å². The summed E-state index contributed by atoms with van der Waals surface area (Å²) in [5, 5.41) is 15.2. The lowest BCUT2D eigenvalue weighted by molar-refractivity contribution is 0.0695. The Hall–Kier alpha value is -3.84. The van der Waals surface area contributed by atoms with Gasteiger partial charge in [0, 0.05) is 18.0 Å². The van der Waals surface area contributed by atoms with E-state index in [4.69, 9.17) is 16.3 Å². The third-order valence-corrected chi connectivity index (χ3v) is 5.57.